The number of carboxylic acids is 1. The van der Waals surface area contributed by atoms with E-state index in [1.165, 1.54) is 12.1 Å². The van der Waals surface area contributed by atoms with Crippen molar-refractivity contribution in [2.45, 2.75) is 0 Å². The summed E-state index contributed by atoms with van der Waals surface area (Å²) in [5.41, 5.74) is -1.61. The Kier molecular flexibility index (Phi) is 5.36. The van der Waals surface area contributed by atoms with Crippen LogP contribution in [0.4, 0.5) is 8.78 Å². The van der Waals surface area contributed by atoms with Gasteiger partial charge in [0, 0.05) is 11.6 Å². The number of halogens is 3. The summed E-state index contributed by atoms with van der Waals surface area (Å²) >= 11 is 0. The Morgan fingerprint density at radius 1 is 1.31 bits per heavy atom. The summed E-state index contributed by atoms with van der Waals surface area (Å²) in [5, 5.41) is 13.3. The standard InChI is InChI=1S/C15H10F2N4O4.ClH/c16-8-3-1-2-7(13(8)17)9-4-10(22)12(14-19-6-20-21(9)14)15(25)18-5-11(23)24;/h1-4,6H,5H2,(H,18,25)(H,19,20)(H,23,24);1H. The lowest BCUT2D eigenvalue weighted by molar-refractivity contribution is -0.135. The number of nitrogens with one attached hydrogen (secondary N) is 2. The lowest BCUT2D eigenvalue weighted by Gasteiger charge is -2.09. The molecule has 3 aromatic rings. The average Bonchev–Trinajstić information content (AvgIpc) is 3.04. The molecule has 1 amide bonds. The number of carbonyl (C=O) groups excluding carboxylic acids is 1. The number of amides is 1. The van der Waals surface area contributed by atoms with Gasteiger partial charge in [-0.2, -0.15) is 0 Å². The molecule has 0 saturated heterocycles. The summed E-state index contributed by atoms with van der Waals surface area (Å²) in [5.74, 6) is -4.48. The Hall–Kier alpha value is -3.27. The molecule has 0 aliphatic rings. The minimum absolute atomic E-state index is 0. The topological polar surface area (TPSA) is 117 Å². The lowest BCUT2D eigenvalue weighted by Crippen LogP contribution is -2.33. The number of carbonyl (C=O) groups is 2. The quantitative estimate of drug-likeness (QED) is 0.625. The van der Waals surface area contributed by atoms with Gasteiger partial charge < -0.3 is 10.4 Å². The minimum atomic E-state index is -1.29. The number of H-pyrrole nitrogens is 1. The Morgan fingerprint density at radius 2 is 2.04 bits per heavy atom. The number of hydrogen-bond donors (Lipinski definition) is 3. The molecule has 0 spiro atoms. The zero-order valence-electron chi connectivity index (χ0n) is 12.8. The number of nitrogens with zero attached hydrogens (tertiary/aromatic N) is 2. The van der Waals surface area contributed by atoms with Crippen LogP contribution in [0.2, 0.25) is 0 Å². The molecule has 0 unspecified atom stereocenters. The van der Waals surface area contributed by atoms with Crippen LogP contribution in [0.5, 0.6) is 0 Å². The highest BCUT2D eigenvalue weighted by atomic mass is 35.5. The molecule has 3 N–H and O–H groups in total. The highest BCUT2D eigenvalue weighted by Gasteiger charge is 2.21. The van der Waals surface area contributed by atoms with E-state index >= 15 is 0 Å². The van der Waals surface area contributed by atoms with E-state index in [4.69, 9.17) is 5.11 Å². The van der Waals surface area contributed by atoms with Gasteiger partial charge >= 0.3 is 5.97 Å². The number of aromatic amines is 1. The van der Waals surface area contributed by atoms with Crippen LogP contribution in [-0.2, 0) is 4.79 Å². The molecule has 11 heteroatoms. The molecule has 2 aromatic heterocycles. The lowest BCUT2D eigenvalue weighted by atomic mass is 10.1. The van der Waals surface area contributed by atoms with Crippen LogP contribution >= 0.6 is 12.4 Å². The zero-order chi connectivity index (χ0) is 18.1. The predicted octanol–water partition coefficient (Wildman–Crippen LogP) is 1.20. The van der Waals surface area contributed by atoms with Gasteiger partial charge in [0.15, 0.2) is 22.7 Å². The summed E-state index contributed by atoms with van der Waals surface area (Å²) < 4.78 is 28.7. The Morgan fingerprint density at radius 3 is 2.73 bits per heavy atom. The number of fused-ring (bicyclic) bond motifs is 1. The fraction of sp³-hybridized carbons (Fsp3) is 0.0667. The van der Waals surface area contributed by atoms with Crippen LogP contribution in [0.3, 0.4) is 0 Å². The molecule has 2 heterocycles. The molecule has 8 nitrogen and oxygen atoms in total. The van der Waals surface area contributed by atoms with Crippen molar-refractivity contribution >= 4 is 29.9 Å². The van der Waals surface area contributed by atoms with Crippen molar-refractivity contribution in [3.05, 3.63) is 58.0 Å². The maximum Gasteiger partial charge on any atom is 0.322 e. The van der Waals surface area contributed by atoms with Gasteiger partial charge in [-0.15, -0.1) is 12.4 Å². The van der Waals surface area contributed by atoms with Gasteiger partial charge in [0.1, 0.15) is 18.4 Å². The van der Waals surface area contributed by atoms with E-state index in [9.17, 15) is 23.2 Å². The summed E-state index contributed by atoms with van der Waals surface area (Å²) in [6, 6.07) is 4.41. The molecule has 0 aliphatic carbocycles. The van der Waals surface area contributed by atoms with Gasteiger partial charge in [-0.1, -0.05) is 6.07 Å². The second kappa shape index (κ2) is 7.31. The Labute approximate surface area is 149 Å². The molecule has 0 bridgehead atoms. The van der Waals surface area contributed by atoms with E-state index in [1.807, 2.05) is 0 Å². The van der Waals surface area contributed by atoms with Crippen molar-refractivity contribution in [3.63, 3.8) is 0 Å². The fourth-order valence-electron chi connectivity index (χ4n) is 2.36. The number of hydrogen-bond acceptors (Lipinski definition) is 4. The van der Waals surface area contributed by atoms with E-state index < -0.39 is 41.0 Å². The highest BCUT2D eigenvalue weighted by molar-refractivity contribution is 6.01. The molecular weight excluding hydrogens is 374 g/mol. The van der Waals surface area contributed by atoms with Crippen molar-refractivity contribution < 1.29 is 23.5 Å². The van der Waals surface area contributed by atoms with Gasteiger partial charge in [0.2, 0.25) is 0 Å². The maximum atomic E-state index is 14.1. The second-order valence-electron chi connectivity index (χ2n) is 4.99. The van der Waals surface area contributed by atoms with Crippen LogP contribution in [0.25, 0.3) is 16.9 Å². The number of benzene rings is 1. The number of aromatic nitrogens is 3. The number of aliphatic carboxylic acids is 1. The van der Waals surface area contributed by atoms with Crippen molar-refractivity contribution in [2.75, 3.05) is 6.54 Å². The number of rotatable bonds is 4. The normalized spacial score (nSPS) is 10.4. The minimum Gasteiger partial charge on any atom is -0.480 e. The molecule has 136 valence electrons. The molecule has 0 saturated carbocycles. The maximum absolute atomic E-state index is 14.1. The Balaban J connectivity index is 0.00000243. The monoisotopic (exact) mass is 384 g/mol. The molecule has 3 rings (SSSR count). The van der Waals surface area contributed by atoms with Gasteiger partial charge in [0.05, 0.1) is 5.69 Å². The van der Waals surface area contributed by atoms with Gasteiger partial charge in [-0.25, -0.2) is 18.3 Å². The first-order chi connectivity index (χ1) is 11.9. The summed E-state index contributed by atoms with van der Waals surface area (Å²) in [6.45, 7) is -0.685. The largest absolute Gasteiger partial charge is 0.480 e. The first kappa shape index (κ1) is 19.1. The fourth-order valence-corrected chi connectivity index (χ4v) is 2.36. The molecule has 0 radical (unpaired) electrons. The molecule has 0 aliphatic heterocycles. The first-order valence-electron chi connectivity index (χ1n) is 6.93. The smallest absolute Gasteiger partial charge is 0.322 e. The van der Waals surface area contributed by atoms with Crippen LogP contribution < -0.4 is 10.7 Å². The average molecular weight is 385 g/mol. The molecule has 26 heavy (non-hydrogen) atoms. The van der Waals surface area contributed by atoms with Gasteiger partial charge in [-0.3, -0.25) is 19.5 Å². The number of pyridine rings is 1. The van der Waals surface area contributed by atoms with E-state index in [2.05, 4.69) is 15.4 Å². The van der Waals surface area contributed by atoms with Crippen LogP contribution in [0.15, 0.2) is 35.4 Å². The summed E-state index contributed by atoms with van der Waals surface area (Å²) in [7, 11) is 0. The number of carboxylic acid groups (broad SMARTS) is 1. The van der Waals surface area contributed by atoms with Gasteiger partial charge in [-0.05, 0) is 12.1 Å². The second-order valence-corrected chi connectivity index (χ2v) is 4.99. The van der Waals surface area contributed by atoms with E-state index in [0.717, 1.165) is 23.0 Å². The molecule has 1 aromatic carbocycles. The van der Waals surface area contributed by atoms with Crippen LogP contribution in [0.1, 0.15) is 10.4 Å². The van der Waals surface area contributed by atoms with Crippen molar-refractivity contribution in [2.24, 2.45) is 0 Å². The molecule has 0 fully saturated rings. The zero-order valence-corrected chi connectivity index (χ0v) is 13.6. The first-order valence-corrected chi connectivity index (χ1v) is 6.93. The third-order valence-electron chi connectivity index (χ3n) is 3.42. The SMILES string of the molecule is Cl.O=C(O)CNC(=O)c1c(=O)cc(-c2cccc(F)c2F)n2[nH]cnc12. The molecule has 0 atom stereocenters. The predicted molar refractivity (Wildman–Crippen MR) is 88.4 cm³/mol. The Bertz CT molecular complexity index is 1060. The van der Waals surface area contributed by atoms with Crippen LogP contribution in [0, 0.1) is 11.6 Å². The van der Waals surface area contributed by atoms with E-state index in [-0.39, 0.29) is 29.3 Å². The highest BCUT2D eigenvalue weighted by Crippen LogP contribution is 2.24. The molecular formula is C15H11ClF2N4O4. The third kappa shape index (κ3) is 3.26. The van der Waals surface area contributed by atoms with E-state index in [1.54, 1.807) is 0 Å². The van der Waals surface area contributed by atoms with Crippen molar-refractivity contribution in [1.29, 1.82) is 0 Å². The summed E-state index contributed by atoms with van der Waals surface area (Å²) in [6.07, 6.45) is 1.16. The van der Waals surface area contributed by atoms with E-state index in [0.29, 0.717) is 0 Å². The third-order valence-corrected chi connectivity index (χ3v) is 3.42. The van der Waals surface area contributed by atoms with Crippen molar-refractivity contribution in [3.8, 4) is 11.3 Å². The van der Waals surface area contributed by atoms with Crippen LogP contribution in [-0.4, -0.2) is 38.1 Å². The van der Waals surface area contributed by atoms with Gasteiger partial charge in [0.25, 0.3) is 5.91 Å². The van der Waals surface area contributed by atoms with Crippen molar-refractivity contribution in [1.82, 2.24) is 19.9 Å². The summed E-state index contributed by atoms with van der Waals surface area (Å²) in [4.78, 5) is 38.8.